The summed E-state index contributed by atoms with van der Waals surface area (Å²) in [6.07, 6.45) is 1.46. The third kappa shape index (κ3) is 3.04. The van der Waals surface area contributed by atoms with Crippen molar-refractivity contribution >= 4 is 11.7 Å². The highest BCUT2D eigenvalue weighted by atomic mass is 16.2. The van der Waals surface area contributed by atoms with Gasteiger partial charge in [-0.2, -0.15) is 0 Å². The third-order valence-corrected chi connectivity index (χ3v) is 3.33. The maximum atomic E-state index is 11.7. The highest BCUT2D eigenvalue weighted by molar-refractivity contribution is 5.84. The predicted octanol–water partition coefficient (Wildman–Crippen LogP) is 0.812. The van der Waals surface area contributed by atoms with Gasteiger partial charge in [-0.15, -0.1) is 0 Å². The van der Waals surface area contributed by atoms with Crippen molar-refractivity contribution in [2.45, 2.75) is 39.7 Å². The average molecular weight is 226 g/mol. The summed E-state index contributed by atoms with van der Waals surface area (Å²) >= 11 is 0. The lowest BCUT2D eigenvalue weighted by Crippen LogP contribution is -2.51. The molecule has 1 N–H and O–H groups in total. The minimum Gasteiger partial charge on any atom is -0.355 e. The summed E-state index contributed by atoms with van der Waals surface area (Å²) in [6.45, 7) is 7.96. The minimum absolute atomic E-state index is 0.0618. The maximum Gasteiger partial charge on any atom is 0.237 e. The Morgan fingerprint density at radius 1 is 1.56 bits per heavy atom. The summed E-state index contributed by atoms with van der Waals surface area (Å²) < 4.78 is 0. The molecule has 1 aliphatic rings. The number of nitrogens with one attached hydrogen (secondary N) is 1. The molecular weight excluding hydrogens is 204 g/mol. The zero-order valence-corrected chi connectivity index (χ0v) is 10.5. The van der Waals surface area contributed by atoms with Crippen LogP contribution in [0.5, 0.6) is 0 Å². The molecule has 4 heteroatoms. The first-order valence-electron chi connectivity index (χ1n) is 6.14. The molecule has 0 saturated carbocycles. The Hall–Kier alpha value is -0.900. The van der Waals surface area contributed by atoms with Gasteiger partial charge in [0, 0.05) is 32.0 Å². The molecule has 2 unspecified atom stereocenters. The van der Waals surface area contributed by atoms with E-state index < -0.39 is 0 Å². The molecule has 2 atom stereocenters. The smallest absolute Gasteiger partial charge is 0.237 e. The number of rotatable bonds is 4. The second kappa shape index (κ2) is 5.99. The number of ketones is 1. The van der Waals surface area contributed by atoms with Crippen LogP contribution in [0.1, 0.15) is 33.6 Å². The van der Waals surface area contributed by atoms with Gasteiger partial charge < -0.3 is 5.32 Å². The van der Waals surface area contributed by atoms with Crippen LogP contribution in [0.3, 0.4) is 0 Å². The molecule has 0 aromatic rings. The van der Waals surface area contributed by atoms with E-state index in [1.807, 2.05) is 20.8 Å². The number of likely N-dealkylation sites (tertiary alicyclic amines) is 1. The van der Waals surface area contributed by atoms with Gasteiger partial charge in [0.05, 0.1) is 6.04 Å². The first-order valence-corrected chi connectivity index (χ1v) is 6.14. The summed E-state index contributed by atoms with van der Waals surface area (Å²) in [5.41, 5.74) is 0. The van der Waals surface area contributed by atoms with Gasteiger partial charge >= 0.3 is 0 Å². The number of hydrogen-bond donors (Lipinski definition) is 1. The van der Waals surface area contributed by atoms with E-state index in [-0.39, 0.29) is 17.9 Å². The molecule has 0 bridgehead atoms. The van der Waals surface area contributed by atoms with Crippen molar-refractivity contribution < 1.29 is 9.59 Å². The Balaban J connectivity index is 2.54. The summed E-state index contributed by atoms with van der Waals surface area (Å²) in [5, 5.41) is 2.82. The van der Waals surface area contributed by atoms with Gasteiger partial charge in [0.25, 0.3) is 0 Å². The standard InChI is InChI=1S/C12H22N2O2/c1-4-10-8-14(7-6-11(10)15)9(3)12(16)13-5-2/h9-10H,4-8H2,1-3H3,(H,13,16). The number of carbonyl (C=O) groups is 2. The quantitative estimate of drug-likeness (QED) is 0.772. The van der Waals surface area contributed by atoms with Crippen molar-refractivity contribution in [2.75, 3.05) is 19.6 Å². The molecule has 0 spiro atoms. The fraction of sp³-hybridized carbons (Fsp3) is 0.833. The fourth-order valence-corrected chi connectivity index (χ4v) is 2.13. The lowest BCUT2D eigenvalue weighted by Gasteiger charge is -2.34. The van der Waals surface area contributed by atoms with Gasteiger partial charge in [-0.25, -0.2) is 0 Å². The Morgan fingerprint density at radius 2 is 2.25 bits per heavy atom. The van der Waals surface area contributed by atoms with E-state index in [2.05, 4.69) is 10.2 Å². The molecule has 92 valence electrons. The van der Waals surface area contributed by atoms with Crippen LogP contribution in [0.2, 0.25) is 0 Å². The van der Waals surface area contributed by atoms with Crippen LogP contribution in [0, 0.1) is 5.92 Å². The Morgan fingerprint density at radius 3 is 2.81 bits per heavy atom. The highest BCUT2D eigenvalue weighted by Crippen LogP contribution is 2.18. The number of nitrogens with zero attached hydrogens (tertiary/aromatic N) is 1. The van der Waals surface area contributed by atoms with Crippen LogP contribution in [-0.4, -0.2) is 42.3 Å². The largest absolute Gasteiger partial charge is 0.355 e. The second-order valence-corrected chi connectivity index (χ2v) is 4.39. The number of piperidine rings is 1. The van der Waals surface area contributed by atoms with Crippen molar-refractivity contribution in [1.29, 1.82) is 0 Å². The molecule has 16 heavy (non-hydrogen) atoms. The lowest BCUT2D eigenvalue weighted by atomic mass is 9.93. The number of carbonyl (C=O) groups excluding carboxylic acids is 2. The molecule has 1 aliphatic heterocycles. The van der Waals surface area contributed by atoms with Crippen molar-refractivity contribution in [3.05, 3.63) is 0 Å². The first kappa shape index (κ1) is 13.2. The number of hydrogen-bond acceptors (Lipinski definition) is 3. The number of Topliss-reactive ketones (excluding diaryl/α,β-unsaturated/α-hetero) is 1. The SMILES string of the molecule is CCNC(=O)C(C)N1CCC(=O)C(CC)C1. The first-order chi connectivity index (χ1) is 7.60. The molecule has 4 nitrogen and oxygen atoms in total. The molecule has 1 fully saturated rings. The second-order valence-electron chi connectivity index (χ2n) is 4.39. The third-order valence-electron chi connectivity index (χ3n) is 3.33. The van der Waals surface area contributed by atoms with Gasteiger partial charge in [-0.05, 0) is 20.3 Å². The molecule has 1 rings (SSSR count). The minimum atomic E-state index is -0.123. The fourth-order valence-electron chi connectivity index (χ4n) is 2.13. The summed E-state index contributed by atoms with van der Waals surface area (Å²) in [4.78, 5) is 25.4. The van der Waals surface area contributed by atoms with Crippen LogP contribution >= 0.6 is 0 Å². The van der Waals surface area contributed by atoms with Crippen LogP contribution in [0.15, 0.2) is 0 Å². The molecule has 1 amide bonds. The molecule has 1 heterocycles. The topological polar surface area (TPSA) is 49.4 Å². The van der Waals surface area contributed by atoms with Crippen molar-refractivity contribution in [3.8, 4) is 0 Å². The highest BCUT2D eigenvalue weighted by Gasteiger charge is 2.30. The molecule has 1 saturated heterocycles. The van der Waals surface area contributed by atoms with E-state index in [9.17, 15) is 9.59 Å². The number of amides is 1. The van der Waals surface area contributed by atoms with Crippen LogP contribution in [0.25, 0.3) is 0 Å². The van der Waals surface area contributed by atoms with Gasteiger partial charge in [-0.3, -0.25) is 14.5 Å². The van der Waals surface area contributed by atoms with Crippen molar-refractivity contribution in [3.63, 3.8) is 0 Å². The van der Waals surface area contributed by atoms with Crippen LogP contribution in [-0.2, 0) is 9.59 Å². The van der Waals surface area contributed by atoms with Gasteiger partial charge in [0.15, 0.2) is 0 Å². The van der Waals surface area contributed by atoms with Crippen LogP contribution in [0.4, 0.5) is 0 Å². The van der Waals surface area contributed by atoms with E-state index in [4.69, 9.17) is 0 Å². The Bertz CT molecular complexity index is 266. The molecular formula is C12H22N2O2. The van der Waals surface area contributed by atoms with Crippen molar-refractivity contribution in [1.82, 2.24) is 10.2 Å². The van der Waals surface area contributed by atoms with E-state index in [1.165, 1.54) is 0 Å². The van der Waals surface area contributed by atoms with E-state index >= 15 is 0 Å². The van der Waals surface area contributed by atoms with Gasteiger partial charge in [-0.1, -0.05) is 6.92 Å². The predicted molar refractivity (Wildman–Crippen MR) is 63.1 cm³/mol. The summed E-state index contributed by atoms with van der Waals surface area (Å²) in [6, 6.07) is -0.123. The summed E-state index contributed by atoms with van der Waals surface area (Å²) in [5.74, 6) is 0.527. The molecule has 0 aliphatic carbocycles. The van der Waals surface area contributed by atoms with Gasteiger partial charge in [0.1, 0.15) is 5.78 Å². The Labute approximate surface area is 97.4 Å². The number of likely N-dealkylation sites (N-methyl/N-ethyl adjacent to an activating group) is 1. The zero-order valence-electron chi connectivity index (χ0n) is 10.5. The summed E-state index contributed by atoms with van der Waals surface area (Å²) in [7, 11) is 0. The lowest BCUT2D eigenvalue weighted by molar-refractivity contribution is -0.132. The molecule has 0 aromatic carbocycles. The maximum absolute atomic E-state index is 11.7. The van der Waals surface area contributed by atoms with E-state index in [1.54, 1.807) is 0 Å². The Kier molecular flexibility index (Phi) is 4.93. The molecule has 0 radical (unpaired) electrons. The van der Waals surface area contributed by atoms with Crippen LogP contribution < -0.4 is 5.32 Å². The van der Waals surface area contributed by atoms with E-state index in [0.717, 1.165) is 13.0 Å². The van der Waals surface area contributed by atoms with Gasteiger partial charge in [0.2, 0.25) is 5.91 Å². The average Bonchev–Trinajstić information content (AvgIpc) is 2.29. The van der Waals surface area contributed by atoms with E-state index in [0.29, 0.717) is 25.3 Å². The molecule has 0 aromatic heterocycles. The monoisotopic (exact) mass is 226 g/mol. The normalized spacial score (nSPS) is 24.2. The zero-order chi connectivity index (χ0) is 12.1. The van der Waals surface area contributed by atoms with Crippen molar-refractivity contribution in [2.24, 2.45) is 5.92 Å².